The second kappa shape index (κ2) is 8.20. The van der Waals surface area contributed by atoms with E-state index in [2.05, 4.69) is 0 Å². The van der Waals surface area contributed by atoms with Crippen LogP contribution in [0.1, 0.15) is 34.8 Å². The molecule has 6 heteroatoms. The molecule has 1 aliphatic heterocycles. The molecule has 1 saturated heterocycles. The molecular weight excluding hydrogens is 346 g/mol. The topological polar surface area (TPSA) is 57.2 Å². The first-order valence-electron chi connectivity index (χ1n) is 8.87. The third kappa shape index (κ3) is 3.65. The monoisotopic (exact) mass is 371 g/mol. The van der Waals surface area contributed by atoms with Gasteiger partial charge < -0.3 is 23.8 Å². The minimum atomic E-state index is -0.0666. The lowest BCUT2D eigenvalue weighted by Crippen LogP contribution is -2.31. The summed E-state index contributed by atoms with van der Waals surface area (Å²) in [4.78, 5) is 15.2. The van der Waals surface area contributed by atoms with Gasteiger partial charge in [-0.1, -0.05) is 6.07 Å². The zero-order chi connectivity index (χ0) is 19.4. The van der Waals surface area contributed by atoms with E-state index < -0.39 is 0 Å². The van der Waals surface area contributed by atoms with Crippen molar-refractivity contribution in [2.45, 2.75) is 18.9 Å². The molecule has 27 heavy (non-hydrogen) atoms. The van der Waals surface area contributed by atoms with Crippen LogP contribution in [0, 0.1) is 0 Å². The number of nitrogens with zero attached hydrogens (tertiary/aromatic N) is 1. The highest BCUT2D eigenvalue weighted by Crippen LogP contribution is 2.38. The van der Waals surface area contributed by atoms with Crippen molar-refractivity contribution in [3.8, 4) is 23.0 Å². The van der Waals surface area contributed by atoms with Crippen molar-refractivity contribution in [2.75, 3.05) is 35.0 Å². The van der Waals surface area contributed by atoms with E-state index in [4.69, 9.17) is 18.9 Å². The minimum absolute atomic E-state index is 0.0202. The Bertz CT molecular complexity index is 820. The summed E-state index contributed by atoms with van der Waals surface area (Å²) >= 11 is 0. The summed E-state index contributed by atoms with van der Waals surface area (Å²) in [6, 6.07) is 11.1. The summed E-state index contributed by atoms with van der Waals surface area (Å²) in [6.45, 7) is 0.693. The Morgan fingerprint density at radius 1 is 0.889 bits per heavy atom. The molecule has 2 aromatic rings. The van der Waals surface area contributed by atoms with Crippen molar-refractivity contribution in [3.63, 3.8) is 0 Å². The van der Waals surface area contributed by atoms with Crippen LogP contribution in [0.25, 0.3) is 0 Å². The summed E-state index contributed by atoms with van der Waals surface area (Å²) in [5, 5.41) is 0. The highest BCUT2D eigenvalue weighted by Gasteiger charge is 2.32. The molecule has 0 spiro atoms. The Morgan fingerprint density at radius 2 is 1.59 bits per heavy atom. The van der Waals surface area contributed by atoms with Gasteiger partial charge in [0.15, 0.2) is 11.5 Å². The van der Waals surface area contributed by atoms with Crippen LogP contribution in [0.5, 0.6) is 23.0 Å². The molecule has 0 N–H and O–H groups in total. The first-order valence-corrected chi connectivity index (χ1v) is 8.87. The molecular formula is C21H25NO5. The number of hydrogen-bond donors (Lipinski definition) is 0. The van der Waals surface area contributed by atoms with Crippen molar-refractivity contribution < 1.29 is 23.7 Å². The summed E-state index contributed by atoms with van der Waals surface area (Å²) in [6.07, 6.45) is 1.84. The van der Waals surface area contributed by atoms with Crippen molar-refractivity contribution in [1.29, 1.82) is 0 Å². The summed E-state index contributed by atoms with van der Waals surface area (Å²) in [5.74, 6) is 2.43. The lowest BCUT2D eigenvalue weighted by Gasteiger charge is -2.26. The zero-order valence-corrected chi connectivity index (χ0v) is 16.2. The van der Waals surface area contributed by atoms with E-state index in [0.29, 0.717) is 35.1 Å². The van der Waals surface area contributed by atoms with Crippen LogP contribution >= 0.6 is 0 Å². The molecule has 0 aromatic heterocycles. The van der Waals surface area contributed by atoms with E-state index in [-0.39, 0.29) is 11.9 Å². The molecule has 0 aliphatic carbocycles. The molecule has 0 saturated carbocycles. The van der Waals surface area contributed by atoms with Gasteiger partial charge in [0, 0.05) is 6.54 Å². The standard InChI is InChI=1S/C21H25NO5/c1-24-15-8-10-18(25-2)16(13-15)21(23)22-11-5-6-17(22)14-7-9-19(26-3)20(12-14)27-4/h7-10,12-13,17H,5-6,11H2,1-4H3. The molecule has 6 nitrogen and oxygen atoms in total. The smallest absolute Gasteiger partial charge is 0.258 e. The average molecular weight is 371 g/mol. The van der Waals surface area contributed by atoms with Gasteiger partial charge >= 0.3 is 0 Å². The fourth-order valence-electron chi connectivity index (χ4n) is 3.55. The van der Waals surface area contributed by atoms with Crippen LogP contribution in [0.4, 0.5) is 0 Å². The number of ether oxygens (including phenoxy) is 4. The van der Waals surface area contributed by atoms with E-state index in [1.54, 1.807) is 46.6 Å². The van der Waals surface area contributed by atoms with Gasteiger partial charge in [-0.3, -0.25) is 4.79 Å². The Hall–Kier alpha value is -2.89. The fourth-order valence-corrected chi connectivity index (χ4v) is 3.55. The van der Waals surface area contributed by atoms with Gasteiger partial charge in [-0.2, -0.15) is 0 Å². The van der Waals surface area contributed by atoms with Gasteiger partial charge in [-0.05, 0) is 48.7 Å². The fraction of sp³-hybridized carbons (Fsp3) is 0.381. The first-order chi connectivity index (χ1) is 13.1. The largest absolute Gasteiger partial charge is 0.497 e. The van der Waals surface area contributed by atoms with E-state index >= 15 is 0 Å². The third-order valence-corrected chi connectivity index (χ3v) is 4.94. The van der Waals surface area contributed by atoms with Gasteiger partial charge in [-0.15, -0.1) is 0 Å². The molecule has 1 amide bonds. The second-order valence-corrected chi connectivity index (χ2v) is 6.34. The number of benzene rings is 2. The van der Waals surface area contributed by atoms with E-state index in [1.807, 2.05) is 23.1 Å². The molecule has 1 aliphatic rings. The third-order valence-electron chi connectivity index (χ3n) is 4.94. The summed E-state index contributed by atoms with van der Waals surface area (Å²) in [5.41, 5.74) is 1.53. The molecule has 2 aromatic carbocycles. The van der Waals surface area contributed by atoms with Crippen molar-refractivity contribution >= 4 is 5.91 Å². The Balaban J connectivity index is 1.94. The van der Waals surface area contributed by atoms with Crippen molar-refractivity contribution in [3.05, 3.63) is 47.5 Å². The molecule has 1 atom stereocenters. The molecule has 1 unspecified atom stereocenters. The van der Waals surface area contributed by atoms with Crippen LogP contribution in [0.15, 0.2) is 36.4 Å². The van der Waals surface area contributed by atoms with Gasteiger partial charge in [0.1, 0.15) is 11.5 Å². The minimum Gasteiger partial charge on any atom is -0.497 e. The molecule has 0 bridgehead atoms. The van der Waals surface area contributed by atoms with E-state index in [0.717, 1.165) is 18.4 Å². The quantitative estimate of drug-likeness (QED) is 0.775. The van der Waals surface area contributed by atoms with Crippen LogP contribution < -0.4 is 18.9 Å². The number of carbonyl (C=O) groups is 1. The maximum atomic E-state index is 13.3. The molecule has 0 radical (unpaired) electrons. The van der Waals surface area contributed by atoms with Gasteiger partial charge in [0.25, 0.3) is 5.91 Å². The Morgan fingerprint density at radius 3 is 2.26 bits per heavy atom. The number of hydrogen-bond acceptors (Lipinski definition) is 5. The second-order valence-electron chi connectivity index (χ2n) is 6.34. The van der Waals surface area contributed by atoms with Gasteiger partial charge in [0.2, 0.25) is 0 Å². The normalized spacial score (nSPS) is 16.1. The highest BCUT2D eigenvalue weighted by atomic mass is 16.5. The summed E-state index contributed by atoms with van der Waals surface area (Å²) < 4.78 is 21.4. The van der Waals surface area contributed by atoms with Crippen LogP contribution in [0.2, 0.25) is 0 Å². The lowest BCUT2D eigenvalue weighted by atomic mass is 10.0. The molecule has 144 valence electrons. The number of likely N-dealkylation sites (tertiary alicyclic amines) is 1. The average Bonchev–Trinajstić information content (AvgIpc) is 3.21. The predicted molar refractivity (Wildman–Crippen MR) is 102 cm³/mol. The van der Waals surface area contributed by atoms with E-state index in [9.17, 15) is 4.79 Å². The summed E-state index contributed by atoms with van der Waals surface area (Å²) in [7, 11) is 6.37. The number of carbonyl (C=O) groups excluding carboxylic acids is 1. The van der Waals surface area contributed by atoms with Gasteiger partial charge in [-0.25, -0.2) is 0 Å². The lowest BCUT2D eigenvalue weighted by molar-refractivity contribution is 0.0731. The molecule has 1 fully saturated rings. The highest BCUT2D eigenvalue weighted by molar-refractivity contribution is 5.97. The maximum absolute atomic E-state index is 13.3. The van der Waals surface area contributed by atoms with Crippen LogP contribution in [-0.4, -0.2) is 45.8 Å². The number of amides is 1. The van der Waals surface area contributed by atoms with Crippen molar-refractivity contribution in [2.24, 2.45) is 0 Å². The number of methoxy groups -OCH3 is 4. The molecule has 3 rings (SSSR count). The zero-order valence-electron chi connectivity index (χ0n) is 16.2. The maximum Gasteiger partial charge on any atom is 0.258 e. The molecule has 1 heterocycles. The van der Waals surface area contributed by atoms with Crippen molar-refractivity contribution in [1.82, 2.24) is 4.90 Å². The number of rotatable bonds is 6. The van der Waals surface area contributed by atoms with Crippen LogP contribution in [0.3, 0.4) is 0 Å². The Labute approximate surface area is 159 Å². The van der Waals surface area contributed by atoms with Crippen LogP contribution in [-0.2, 0) is 0 Å². The van der Waals surface area contributed by atoms with Gasteiger partial charge in [0.05, 0.1) is 40.0 Å². The Kier molecular flexibility index (Phi) is 5.74. The first kappa shape index (κ1) is 18.9. The van der Waals surface area contributed by atoms with E-state index in [1.165, 1.54) is 0 Å². The predicted octanol–water partition coefficient (Wildman–Crippen LogP) is 3.70. The SMILES string of the molecule is COc1ccc(OC)c(C(=O)N2CCCC2c2ccc(OC)c(OC)c2)c1.